The number of rotatable bonds is 5. The summed E-state index contributed by atoms with van der Waals surface area (Å²) in [7, 11) is 0. The first-order valence-electron chi connectivity index (χ1n) is 7.09. The van der Waals surface area contributed by atoms with Gasteiger partial charge in [0.05, 0.1) is 17.1 Å². The molecule has 0 aliphatic heterocycles. The number of nitrogens with two attached hydrogens (primary N) is 1. The van der Waals surface area contributed by atoms with Gasteiger partial charge in [0.15, 0.2) is 0 Å². The van der Waals surface area contributed by atoms with E-state index >= 15 is 0 Å². The molecule has 1 aromatic rings. The van der Waals surface area contributed by atoms with E-state index in [0.717, 1.165) is 17.9 Å². The lowest BCUT2D eigenvalue weighted by atomic mass is 10.1. The second-order valence-corrected chi connectivity index (χ2v) is 6.89. The first kappa shape index (κ1) is 15.2. The van der Waals surface area contributed by atoms with Crippen LogP contribution in [0.25, 0.3) is 0 Å². The number of nitrogens with zero attached hydrogens (tertiary/aromatic N) is 2. The van der Waals surface area contributed by atoms with Crippen LogP contribution in [0.4, 0.5) is 5.69 Å². The Morgan fingerprint density at radius 1 is 1.45 bits per heavy atom. The first-order valence-corrected chi connectivity index (χ1v) is 8.31. The van der Waals surface area contributed by atoms with Gasteiger partial charge in [-0.1, -0.05) is 12.8 Å². The van der Waals surface area contributed by atoms with Gasteiger partial charge in [-0.3, -0.25) is 9.48 Å². The third-order valence-electron chi connectivity index (χ3n) is 4.29. The number of anilines is 1. The number of nitrogens with one attached hydrogen (secondary N) is 1. The van der Waals surface area contributed by atoms with Crippen LogP contribution in [0.1, 0.15) is 37.1 Å². The Bertz CT molecular complexity index is 492. The monoisotopic (exact) mass is 296 g/mol. The molecule has 20 heavy (non-hydrogen) atoms. The molecule has 0 aromatic carbocycles. The van der Waals surface area contributed by atoms with E-state index in [1.165, 1.54) is 25.7 Å². The van der Waals surface area contributed by atoms with E-state index in [0.29, 0.717) is 5.69 Å². The number of hydrogen-bond donors (Lipinski definition) is 2. The molecule has 6 heteroatoms. The molecule has 0 spiro atoms. The topological polar surface area (TPSA) is 72.9 Å². The van der Waals surface area contributed by atoms with Crippen LogP contribution >= 0.6 is 11.8 Å². The molecule has 1 aliphatic rings. The van der Waals surface area contributed by atoms with E-state index in [1.54, 1.807) is 4.68 Å². The Kier molecular flexibility index (Phi) is 4.62. The maximum absolute atomic E-state index is 12.1. The summed E-state index contributed by atoms with van der Waals surface area (Å²) < 4.78 is 1.92. The molecule has 112 valence electrons. The molecule has 0 radical (unpaired) electrons. The molecule has 1 amide bonds. The van der Waals surface area contributed by atoms with E-state index in [9.17, 15) is 4.79 Å². The highest BCUT2D eigenvalue weighted by Crippen LogP contribution is 2.39. The zero-order valence-electron chi connectivity index (χ0n) is 12.5. The van der Waals surface area contributed by atoms with E-state index in [2.05, 4.69) is 16.7 Å². The van der Waals surface area contributed by atoms with Crippen LogP contribution in [0.15, 0.2) is 0 Å². The second-order valence-electron chi connectivity index (χ2n) is 5.61. The molecule has 1 aliphatic carbocycles. The molecule has 5 nitrogen and oxygen atoms in total. The summed E-state index contributed by atoms with van der Waals surface area (Å²) in [5.41, 5.74) is 8.19. The summed E-state index contributed by atoms with van der Waals surface area (Å²) >= 11 is 1.88. The average molecular weight is 296 g/mol. The van der Waals surface area contributed by atoms with Crippen molar-refractivity contribution in [1.29, 1.82) is 0 Å². The lowest BCUT2D eigenvalue weighted by Gasteiger charge is -2.26. The fourth-order valence-electron chi connectivity index (χ4n) is 2.79. The van der Waals surface area contributed by atoms with Crippen LogP contribution < -0.4 is 11.1 Å². The summed E-state index contributed by atoms with van der Waals surface area (Å²) in [6, 6.07) is 0. The predicted octanol–water partition coefficient (Wildman–Crippen LogP) is 1.87. The molecular formula is C14H24N4OS. The van der Waals surface area contributed by atoms with Crippen molar-refractivity contribution in [3.8, 4) is 0 Å². The van der Waals surface area contributed by atoms with Crippen molar-refractivity contribution in [2.24, 2.45) is 0 Å². The van der Waals surface area contributed by atoms with Gasteiger partial charge < -0.3 is 11.1 Å². The third kappa shape index (κ3) is 3.11. The van der Waals surface area contributed by atoms with Crippen molar-refractivity contribution in [3.05, 3.63) is 11.4 Å². The Balaban J connectivity index is 1.91. The second kappa shape index (κ2) is 6.08. The minimum atomic E-state index is 0.0101. The van der Waals surface area contributed by atoms with Crippen LogP contribution in [0.2, 0.25) is 0 Å². The van der Waals surface area contributed by atoms with Gasteiger partial charge in [-0.15, -0.1) is 0 Å². The minimum absolute atomic E-state index is 0.0101. The first-order chi connectivity index (χ1) is 9.47. The average Bonchev–Trinajstić information content (AvgIpc) is 3.00. The van der Waals surface area contributed by atoms with Gasteiger partial charge in [0.1, 0.15) is 6.54 Å². The highest BCUT2D eigenvalue weighted by atomic mass is 32.2. The van der Waals surface area contributed by atoms with Crippen molar-refractivity contribution in [3.63, 3.8) is 0 Å². The lowest BCUT2D eigenvalue weighted by Crippen LogP contribution is -2.40. The van der Waals surface area contributed by atoms with Gasteiger partial charge >= 0.3 is 0 Å². The van der Waals surface area contributed by atoms with Crippen LogP contribution in [-0.2, 0) is 11.3 Å². The fraction of sp³-hybridized carbons (Fsp3) is 0.714. The molecule has 2 rings (SSSR count). The standard InChI is InChI=1S/C14H24N4OS/c1-10-13(15)11(2)18(17-10)8-12(19)16-9-14(20-3)6-4-5-7-14/h4-9,15H2,1-3H3,(H,16,19). The summed E-state index contributed by atoms with van der Waals surface area (Å²) in [4.78, 5) is 12.1. The van der Waals surface area contributed by atoms with Gasteiger partial charge in [0.25, 0.3) is 0 Å². The minimum Gasteiger partial charge on any atom is -0.396 e. The van der Waals surface area contributed by atoms with Gasteiger partial charge in [0.2, 0.25) is 5.91 Å². The highest BCUT2D eigenvalue weighted by molar-refractivity contribution is 8.00. The molecule has 3 N–H and O–H groups in total. The van der Waals surface area contributed by atoms with E-state index < -0.39 is 0 Å². The van der Waals surface area contributed by atoms with Crippen molar-refractivity contribution in [2.45, 2.75) is 50.8 Å². The van der Waals surface area contributed by atoms with Crippen molar-refractivity contribution < 1.29 is 4.79 Å². The number of thioether (sulfide) groups is 1. The zero-order chi connectivity index (χ0) is 14.8. The van der Waals surface area contributed by atoms with E-state index in [1.807, 2.05) is 25.6 Å². The Morgan fingerprint density at radius 3 is 2.60 bits per heavy atom. The number of aryl methyl sites for hydroxylation is 1. The number of nitrogen functional groups attached to an aromatic ring is 1. The Labute approximate surface area is 124 Å². The normalized spacial score (nSPS) is 17.4. The summed E-state index contributed by atoms with van der Waals surface area (Å²) in [5.74, 6) is 0.0101. The maximum Gasteiger partial charge on any atom is 0.241 e. The zero-order valence-corrected chi connectivity index (χ0v) is 13.3. The van der Waals surface area contributed by atoms with E-state index in [4.69, 9.17) is 5.73 Å². The largest absolute Gasteiger partial charge is 0.396 e. The summed E-state index contributed by atoms with van der Waals surface area (Å²) in [5, 5.41) is 7.35. The highest BCUT2D eigenvalue weighted by Gasteiger charge is 2.33. The molecule has 1 heterocycles. The molecule has 1 saturated carbocycles. The molecule has 1 fully saturated rings. The van der Waals surface area contributed by atoms with Crippen LogP contribution in [0.3, 0.4) is 0 Å². The van der Waals surface area contributed by atoms with Crippen LogP contribution in [0.5, 0.6) is 0 Å². The maximum atomic E-state index is 12.1. The number of carbonyl (C=O) groups is 1. The Morgan fingerprint density at radius 2 is 2.10 bits per heavy atom. The fourth-order valence-corrected chi connectivity index (χ4v) is 3.70. The number of amides is 1. The molecule has 0 bridgehead atoms. The SMILES string of the molecule is CSC1(CNC(=O)Cn2nc(C)c(N)c2C)CCCC1. The van der Waals surface area contributed by atoms with Gasteiger partial charge in [-0.25, -0.2) is 0 Å². The lowest BCUT2D eigenvalue weighted by molar-refractivity contribution is -0.122. The number of hydrogen-bond acceptors (Lipinski definition) is 4. The third-order valence-corrected chi connectivity index (χ3v) is 5.70. The smallest absolute Gasteiger partial charge is 0.241 e. The molecule has 0 saturated heterocycles. The van der Waals surface area contributed by atoms with Crippen molar-refractivity contribution >= 4 is 23.4 Å². The predicted molar refractivity (Wildman–Crippen MR) is 83.8 cm³/mol. The van der Waals surface area contributed by atoms with Crippen LogP contribution in [-0.4, -0.2) is 33.2 Å². The number of carbonyl (C=O) groups excluding carboxylic acids is 1. The van der Waals surface area contributed by atoms with E-state index in [-0.39, 0.29) is 17.2 Å². The van der Waals surface area contributed by atoms with Gasteiger partial charge in [-0.2, -0.15) is 16.9 Å². The quantitative estimate of drug-likeness (QED) is 0.870. The molecular weight excluding hydrogens is 272 g/mol. The Hall–Kier alpha value is -1.17. The molecule has 1 aromatic heterocycles. The van der Waals surface area contributed by atoms with Crippen molar-refractivity contribution in [2.75, 3.05) is 18.5 Å². The molecule has 0 atom stereocenters. The summed E-state index contributed by atoms with van der Waals surface area (Å²) in [6.07, 6.45) is 7.07. The van der Waals surface area contributed by atoms with Crippen molar-refractivity contribution in [1.82, 2.24) is 15.1 Å². The van der Waals surface area contributed by atoms with Crippen LogP contribution in [0, 0.1) is 13.8 Å². The summed E-state index contributed by atoms with van der Waals surface area (Å²) in [6.45, 7) is 4.75. The number of aromatic nitrogens is 2. The van der Waals surface area contributed by atoms with Gasteiger partial charge in [-0.05, 0) is 32.9 Å². The molecule has 0 unspecified atom stereocenters. The van der Waals surface area contributed by atoms with Gasteiger partial charge in [0, 0.05) is 11.3 Å².